The number of hydrogen-bond donors (Lipinski definition) is 3. The SMILES string of the molecule is CNS(=O)(=O)c1cccc(-c2nc3cc(Nc4cccc(N5C[C@@H]6C[C@H]5CN6)n4)ncc3s2)c1. The van der Waals surface area contributed by atoms with E-state index >= 15 is 0 Å². The highest BCUT2D eigenvalue weighted by Gasteiger charge is 2.38. The molecule has 11 heteroatoms. The number of aromatic nitrogens is 3. The highest BCUT2D eigenvalue weighted by Crippen LogP contribution is 2.33. The zero-order valence-corrected chi connectivity index (χ0v) is 20.0. The second-order valence-electron chi connectivity index (χ2n) is 8.44. The predicted octanol–water partition coefficient (Wildman–Crippen LogP) is 2.96. The van der Waals surface area contributed by atoms with Crippen LogP contribution >= 0.6 is 11.3 Å². The summed E-state index contributed by atoms with van der Waals surface area (Å²) in [7, 11) is -2.12. The number of hydrogen-bond acceptors (Lipinski definition) is 9. The van der Waals surface area contributed by atoms with Gasteiger partial charge in [0.1, 0.15) is 22.5 Å². The van der Waals surface area contributed by atoms with Gasteiger partial charge >= 0.3 is 0 Å². The molecular weight excluding hydrogens is 470 g/mol. The van der Waals surface area contributed by atoms with E-state index in [0.717, 1.165) is 45.5 Å². The molecule has 4 aromatic rings. The molecule has 9 nitrogen and oxygen atoms in total. The summed E-state index contributed by atoms with van der Waals surface area (Å²) >= 11 is 1.47. The Hall–Kier alpha value is -3.12. The van der Waals surface area contributed by atoms with Crippen molar-refractivity contribution in [1.82, 2.24) is 25.0 Å². The minimum atomic E-state index is -3.52. The smallest absolute Gasteiger partial charge is 0.240 e. The van der Waals surface area contributed by atoms with Gasteiger partial charge in [-0.05, 0) is 37.7 Å². The Labute approximate surface area is 201 Å². The van der Waals surface area contributed by atoms with Crippen LogP contribution < -0.4 is 20.3 Å². The largest absolute Gasteiger partial charge is 0.351 e. The average Bonchev–Trinajstić information content (AvgIpc) is 3.60. The zero-order valence-electron chi connectivity index (χ0n) is 18.4. The number of rotatable bonds is 6. The normalized spacial score (nSPS) is 19.7. The molecule has 174 valence electrons. The molecule has 0 saturated carbocycles. The van der Waals surface area contributed by atoms with Crippen molar-refractivity contribution >= 4 is 49.0 Å². The highest BCUT2D eigenvalue weighted by atomic mass is 32.2. The third-order valence-corrected chi connectivity index (χ3v) is 8.74. The number of pyridine rings is 2. The van der Waals surface area contributed by atoms with E-state index in [1.165, 1.54) is 24.8 Å². The molecule has 0 amide bonds. The molecule has 3 N–H and O–H groups in total. The van der Waals surface area contributed by atoms with Gasteiger partial charge in [0.2, 0.25) is 10.0 Å². The van der Waals surface area contributed by atoms with E-state index < -0.39 is 10.0 Å². The van der Waals surface area contributed by atoms with E-state index in [2.05, 4.69) is 31.3 Å². The molecule has 2 aliphatic heterocycles. The zero-order chi connectivity index (χ0) is 23.3. The summed E-state index contributed by atoms with van der Waals surface area (Å²) in [6.07, 6.45) is 2.95. The van der Waals surface area contributed by atoms with Crippen LogP contribution in [0, 0.1) is 0 Å². The number of thiazole rings is 1. The second kappa shape index (κ2) is 8.27. The summed E-state index contributed by atoms with van der Waals surface area (Å²) in [5.41, 5.74) is 1.54. The van der Waals surface area contributed by atoms with E-state index in [4.69, 9.17) is 9.97 Å². The monoisotopic (exact) mass is 493 g/mol. The standard InChI is InChI=1S/C23H23N7O2S2/c1-24-34(31,32)17-5-2-4-14(8-17)23-27-18-10-21(26-12-19(18)33-23)28-20-6-3-7-22(29-20)30-13-15-9-16(30)11-25-15/h2-8,10,12,15-16,24-25H,9,11,13H2,1H3,(H,26,28,29)/t15-,16-/m0/s1. The molecule has 0 spiro atoms. The number of nitrogens with one attached hydrogen (secondary N) is 3. The molecule has 3 aromatic heterocycles. The molecule has 2 aliphatic rings. The van der Waals surface area contributed by atoms with Gasteiger partial charge in [0.15, 0.2) is 0 Å². The number of anilines is 3. The van der Waals surface area contributed by atoms with Crippen molar-refractivity contribution in [1.29, 1.82) is 0 Å². The molecule has 2 bridgehead atoms. The van der Waals surface area contributed by atoms with E-state index in [1.54, 1.807) is 24.4 Å². The van der Waals surface area contributed by atoms with Crippen molar-refractivity contribution < 1.29 is 8.42 Å². The van der Waals surface area contributed by atoms with Crippen LogP contribution in [0.15, 0.2) is 59.6 Å². The summed E-state index contributed by atoms with van der Waals surface area (Å²) < 4.78 is 27.6. The van der Waals surface area contributed by atoms with Gasteiger partial charge in [-0.1, -0.05) is 18.2 Å². The van der Waals surface area contributed by atoms with E-state index in [-0.39, 0.29) is 4.90 Å². The fourth-order valence-electron chi connectivity index (χ4n) is 4.57. The predicted molar refractivity (Wildman–Crippen MR) is 134 cm³/mol. The number of nitrogens with zero attached hydrogens (tertiary/aromatic N) is 4. The summed E-state index contributed by atoms with van der Waals surface area (Å²) in [4.78, 5) is 16.7. The number of fused-ring (bicyclic) bond motifs is 3. The molecule has 2 atom stereocenters. The molecule has 34 heavy (non-hydrogen) atoms. The maximum absolute atomic E-state index is 12.2. The van der Waals surface area contributed by atoms with Gasteiger partial charge in [-0.2, -0.15) is 0 Å². The van der Waals surface area contributed by atoms with Crippen molar-refractivity contribution in [2.75, 3.05) is 30.4 Å². The second-order valence-corrected chi connectivity index (χ2v) is 11.4. The first-order valence-electron chi connectivity index (χ1n) is 11.0. The first-order chi connectivity index (χ1) is 16.5. The van der Waals surface area contributed by atoms with Gasteiger partial charge in [-0.25, -0.2) is 28.1 Å². The van der Waals surface area contributed by atoms with Crippen molar-refractivity contribution in [2.45, 2.75) is 23.4 Å². The van der Waals surface area contributed by atoms with Crippen molar-refractivity contribution in [3.63, 3.8) is 0 Å². The topological polar surface area (TPSA) is 112 Å². The molecule has 5 heterocycles. The Bertz CT molecular complexity index is 1490. The van der Waals surface area contributed by atoms with Crippen LogP contribution in [0.4, 0.5) is 17.5 Å². The third-order valence-electron chi connectivity index (χ3n) is 6.28. The van der Waals surface area contributed by atoms with Gasteiger partial charge in [0.25, 0.3) is 0 Å². The molecule has 2 saturated heterocycles. The minimum absolute atomic E-state index is 0.209. The molecule has 1 aromatic carbocycles. The lowest BCUT2D eigenvalue weighted by Crippen LogP contribution is -2.44. The number of sulfonamides is 1. The molecular formula is C23H23N7O2S2. The van der Waals surface area contributed by atoms with E-state index in [9.17, 15) is 8.42 Å². The van der Waals surface area contributed by atoms with E-state index in [0.29, 0.717) is 17.9 Å². The maximum Gasteiger partial charge on any atom is 0.240 e. The Balaban J connectivity index is 1.26. The van der Waals surface area contributed by atoms with Gasteiger partial charge in [-0.15, -0.1) is 11.3 Å². The fraction of sp³-hybridized carbons (Fsp3) is 0.261. The van der Waals surface area contributed by atoms with Crippen LogP contribution in [0.2, 0.25) is 0 Å². The molecule has 0 aliphatic carbocycles. The summed E-state index contributed by atoms with van der Waals surface area (Å²) in [5.74, 6) is 2.37. The van der Waals surface area contributed by atoms with Gasteiger partial charge in [-0.3, -0.25) is 0 Å². The fourth-order valence-corrected chi connectivity index (χ4v) is 6.25. The lowest BCUT2D eigenvalue weighted by atomic mass is 10.2. The van der Waals surface area contributed by atoms with Crippen molar-refractivity contribution in [3.05, 3.63) is 54.7 Å². The van der Waals surface area contributed by atoms with Crippen molar-refractivity contribution in [3.8, 4) is 10.6 Å². The first kappa shape index (κ1) is 21.4. The van der Waals surface area contributed by atoms with Crippen LogP contribution in [0.25, 0.3) is 20.8 Å². The lowest BCUT2D eigenvalue weighted by Gasteiger charge is -2.28. The molecule has 0 unspecified atom stereocenters. The Morgan fingerprint density at radius 1 is 1.12 bits per heavy atom. The van der Waals surface area contributed by atoms with Crippen LogP contribution in [0.5, 0.6) is 0 Å². The van der Waals surface area contributed by atoms with Gasteiger partial charge in [0, 0.05) is 43.0 Å². The molecule has 6 rings (SSSR count). The Kier molecular flexibility index (Phi) is 5.21. The number of piperazine rings is 1. The van der Waals surface area contributed by atoms with Gasteiger partial charge < -0.3 is 15.5 Å². The Morgan fingerprint density at radius 2 is 2.00 bits per heavy atom. The quantitative estimate of drug-likeness (QED) is 0.376. The summed E-state index contributed by atoms with van der Waals surface area (Å²) in [6, 6.07) is 15.7. The molecule has 2 fully saturated rings. The first-order valence-corrected chi connectivity index (χ1v) is 13.3. The average molecular weight is 494 g/mol. The summed E-state index contributed by atoms with van der Waals surface area (Å²) in [6.45, 7) is 2.00. The van der Waals surface area contributed by atoms with Crippen LogP contribution in [-0.4, -0.2) is 55.6 Å². The Morgan fingerprint density at radius 3 is 2.79 bits per heavy atom. The maximum atomic E-state index is 12.2. The molecule has 0 radical (unpaired) electrons. The lowest BCUT2D eigenvalue weighted by molar-refractivity contribution is 0.576. The third kappa shape index (κ3) is 3.90. The summed E-state index contributed by atoms with van der Waals surface area (Å²) in [5, 5.41) is 7.56. The van der Waals surface area contributed by atoms with Crippen LogP contribution in [0.3, 0.4) is 0 Å². The van der Waals surface area contributed by atoms with Gasteiger partial charge in [0.05, 0.1) is 15.1 Å². The van der Waals surface area contributed by atoms with E-state index in [1.807, 2.05) is 24.3 Å². The minimum Gasteiger partial charge on any atom is -0.351 e. The van der Waals surface area contributed by atoms with Crippen molar-refractivity contribution in [2.24, 2.45) is 0 Å². The van der Waals surface area contributed by atoms with Crippen LogP contribution in [0.1, 0.15) is 6.42 Å². The van der Waals surface area contributed by atoms with Crippen LogP contribution in [-0.2, 0) is 10.0 Å². The number of benzene rings is 1. The highest BCUT2D eigenvalue weighted by molar-refractivity contribution is 7.89.